The van der Waals surface area contributed by atoms with Gasteiger partial charge in [-0.2, -0.15) is 13.2 Å². The van der Waals surface area contributed by atoms with Gasteiger partial charge in [-0.05, 0) is 37.1 Å². The molecular formula is C14H17F3O4S. The summed E-state index contributed by atoms with van der Waals surface area (Å²) in [6, 6.07) is 3.06. The molecule has 1 aromatic rings. The minimum atomic E-state index is -4.55. The van der Waals surface area contributed by atoms with Crippen LogP contribution in [0.3, 0.4) is 0 Å². The predicted octanol–water partition coefficient (Wildman–Crippen LogP) is 3.07. The topological polar surface area (TPSA) is 60.4 Å². The maximum Gasteiger partial charge on any atom is 0.416 e. The van der Waals surface area contributed by atoms with Crippen molar-refractivity contribution in [3.8, 4) is 0 Å². The minimum absolute atomic E-state index is 0.0184. The molecule has 1 rings (SSSR count). The average Bonchev–Trinajstić information content (AvgIpc) is 2.37. The first kappa shape index (κ1) is 18.5. The van der Waals surface area contributed by atoms with Gasteiger partial charge < -0.3 is 4.74 Å². The van der Waals surface area contributed by atoms with E-state index in [0.29, 0.717) is 12.1 Å². The fourth-order valence-electron chi connectivity index (χ4n) is 1.96. The number of alkyl halides is 3. The van der Waals surface area contributed by atoms with E-state index < -0.39 is 38.7 Å². The lowest BCUT2D eigenvalue weighted by molar-refractivity contribution is -0.143. The summed E-state index contributed by atoms with van der Waals surface area (Å²) >= 11 is 0. The summed E-state index contributed by atoms with van der Waals surface area (Å²) in [4.78, 5) is 11.5. The molecule has 0 N–H and O–H groups in total. The number of benzene rings is 1. The number of halogens is 3. The fraction of sp³-hybridized carbons (Fsp3) is 0.500. The zero-order chi connectivity index (χ0) is 17.1. The van der Waals surface area contributed by atoms with Crippen LogP contribution in [0.1, 0.15) is 26.3 Å². The Morgan fingerprint density at radius 2 is 1.68 bits per heavy atom. The third-order valence-electron chi connectivity index (χ3n) is 2.97. The number of sulfone groups is 1. The van der Waals surface area contributed by atoms with E-state index in [0.717, 1.165) is 12.1 Å². The zero-order valence-corrected chi connectivity index (χ0v) is 13.2. The lowest BCUT2D eigenvalue weighted by Gasteiger charge is -2.19. The van der Waals surface area contributed by atoms with Gasteiger partial charge in [0.05, 0.1) is 17.1 Å². The van der Waals surface area contributed by atoms with E-state index in [2.05, 4.69) is 0 Å². The summed E-state index contributed by atoms with van der Waals surface area (Å²) in [5, 5.41) is -1.45. The van der Waals surface area contributed by atoms with Gasteiger partial charge in [-0.3, -0.25) is 4.79 Å². The van der Waals surface area contributed by atoms with E-state index in [4.69, 9.17) is 4.74 Å². The quantitative estimate of drug-likeness (QED) is 0.774. The molecular weight excluding hydrogens is 321 g/mol. The second kappa shape index (κ2) is 6.68. The molecule has 0 saturated carbocycles. The lowest BCUT2D eigenvalue weighted by Crippen LogP contribution is -2.36. The van der Waals surface area contributed by atoms with Crippen LogP contribution in [0.15, 0.2) is 29.2 Å². The number of esters is 1. The maximum atomic E-state index is 12.5. The Bertz CT molecular complexity index is 618. The first-order valence-corrected chi connectivity index (χ1v) is 8.14. The summed E-state index contributed by atoms with van der Waals surface area (Å²) in [5.74, 6) is -1.48. The Kier molecular flexibility index (Phi) is 5.61. The molecule has 4 nitrogen and oxygen atoms in total. The lowest BCUT2D eigenvalue weighted by atomic mass is 10.1. The highest BCUT2D eigenvalue weighted by Crippen LogP contribution is 2.31. The summed E-state index contributed by atoms with van der Waals surface area (Å²) < 4.78 is 67.2. The molecule has 1 unspecified atom stereocenters. The van der Waals surface area contributed by atoms with Crippen molar-refractivity contribution in [2.45, 2.75) is 37.1 Å². The molecule has 0 aliphatic heterocycles. The average molecular weight is 338 g/mol. The molecule has 0 saturated heterocycles. The van der Waals surface area contributed by atoms with Crippen LogP contribution in [-0.4, -0.2) is 26.2 Å². The second-order valence-electron chi connectivity index (χ2n) is 4.98. The SMILES string of the molecule is CCOC(=O)C(C(C)C)S(=O)(=O)c1ccc(C(F)(F)F)cc1. The van der Waals surface area contributed by atoms with Crippen LogP contribution < -0.4 is 0 Å². The van der Waals surface area contributed by atoms with Gasteiger partial charge in [-0.25, -0.2) is 8.42 Å². The van der Waals surface area contributed by atoms with Crippen LogP contribution in [0.4, 0.5) is 13.2 Å². The smallest absolute Gasteiger partial charge is 0.416 e. The minimum Gasteiger partial charge on any atom is -0.465 e. The Hall–Kier alpha value is -1.57. The van der Waals surface area contributed by atoms with Crippen molar-refractivity contribution in [2.24, 2.45) is 5.92 Å². The molecule has 0 aliphatic carbocycles. The fourth-order valence-corrected chi connectivity index (χ4v) is 3.81. The van der Waals surface area contributed by atoms with Gasteiger partial charge in [0.15, 0.2) is 15.1 Å². The number of hydrogen-bond donors (Lipinski definition) is 0. The van der Waals surface area contributed by atoms with Crippen LogP contribution in [0, 0.1) is 5.92 Å². The second-order valence-corrected chi connectivity index (χ2v) is 7.05. The van der Waals surface area contributed by atoms with Crippen LogP contribution >= 0.6 is 0 Å². The van der Waals surface area contributed by atoms with Crippen molar-refractivity contribution in [2.75, 3.05) is 6.61 Å². The van der Waals surface area contributed by atoms with Gasteiger partial charge in [0, 0.05) is 0 Å². The Morgan fingerprint density at radius 1 is 1.18 bits per heavy atom. The third-order valence-corrected chi connectivity index (χ3v) is 5.30. The summed E-state index contributed by atoms with van der Waals surface area (Å²) in [6.07, 6.45) is -4.55. The first-order valence-electron chi connectivity index (χ1n) is 6.59. The summed E-state index contributed by atoms with van der Waals surface area (Å²) in [7, 11) is -4.13. The number of hydrogen-bond acceptors (Lipinski definition) is 4. The van der Waals surface area contributed by atoms with Crippen LogP contribution in [-0.2, 0) is 25.5 Å². The molecule has 124 valence electrons. The van der Waals surface area contributed by atoms with Gasteiger partial charge in [-0.1, -0.05) is 13.8 Å². The molecule has 22 heavy (non-hydrogen) atoms. The van der Waals surface area contributed by atoms with Crippen molar-refractivity contribution >= 4 is 15.8 Å². The van der Waals surface area contributed by atoms with Crippen LogP contribution in [0.2, 0.25) is 0 Å². The summed E-state index contributed by atoms with van der Waals surface area (Å²) in [5.41, 5.74) is -0.955. The Balaban J connectivity index is 3.23. The molecule has 0 fully saturated rings. The van der Waals surface area contributed by atoms with Crippen LogP contribution in [0.25, 0.3) is 0 Å². The highest BCUT2D eigenvalue weighted by Gasteiger charge is 2.38. The van der Waals surface area contributed by atoms with Crippen LogP contribution in [0.5, 0.6) is 0 Å². The zero-order valence-electron chi connectivity index (χ0n) is 12.3. The normalized spacial score (nSPS) is 14.0. The van der Waals surface area contributed by atoms with Gasteiger partial charge in [-0.15, -0.1) is 0 Å². The van der Waals surface area contributed by atoms with Gasteiger partial charge in [0.2, 0.25) is 0 Å². The number of carbonyl (C=O) groups excluding carboxylic acids is 1. The molecule has 1 atom stereocenters. The predicted molar refractivity (Wildman–Crippen MR) is 73.9 cm³/mol. The van der Waals surface area contributed by atoms with Crippen molar-refractivity contribution in [1.29, 1.82) is 0 Å². The maximum absolute atomic E-state index is 12.5. The van der Waals surface area contributed by atoms with Crippen molar-refractivity contribution in [1.82, 2.24) is 0 Å². The van der Waals surface area contributed by atoms with Gasteiger partial charge in [0.25, 0.3) is 0 Å². The molecule has 0 spiro atoms. The first-order chi connectivity index (χ1) is 10.0. The van der Waals surface area contributed by atoms with E-state index in [9.17, 15) is 26.4 Å². The highest BCUT2D eigenvalue weighted by molar-refractivity contribution is 7.92. The standard InChI is InChI=1S/C14H17F3O4S/c1-4-21-13(18)12(9(2)3)22(19,20)11-7-5-10(6-8-11)14(15,16)17/h5-9,12H,4H2,1-3H3. The molecule has 8 heteroatoms. The largest absolute Gasteiger partial charge is 0.465 e. The molecule has 0 aliphatic rings. The third kappa shape index (κ3) is 4.00. The van der Waals surface area contributed by atoms with E-state index in [-0.39, 0.29) is 11.5 Å². The molecule has 0 heterocycles. The van der Waals surface area contributed by atoms with Gasteiger partial charge in [0.1, 0.15) is 0 Å². The van der Waals surface area contributed by atoms with Crippen molar-refractivity contribution in [3.05, 3.63) is 29.8 Å². The van der Waals surface area contributed by atoms with E-state index in [1.54, 1.807) is 6.92 Å². The molecule has 0 radical (unpaired) electrons. The molecule has 1 aromatic carbocycles. The number of rotatable bonds is 5. The molecule has 0 amide bonds. The highest BCUT2D eigenvalue weighted by atomic mass is 32.2. The van der Waals surface area contributed by atoms with E-state index in [1.165, 1.54) is 13.8 Å². The molecule has 0 bridgehead atoms. The van der Waals surface area contributed by atoms with Crippen molar-refractivity contribution < 1.29 is 31.1 Å². The molecule has 0 aromatic heterocycles. The number of carbonyl (C=O) groups is 1. The van der Waals surface area contributed by atoms with E-state index in [1.807, 2.05) is 0 Å². The Labute approximate surface area is 127 Å². The van der Waals surface area contributed by atoms with E-state index >= 15 is 0 Å². The monoisotopic (exact) mass is 338 g/mol. The Morgan fingerprint density at radius 3 is 2.05 bits per heavy atom. The van der Waals surface area contributed by atoms with Crippen molar-refractivity contribution in [3.63, 3.8) is 0 Å². The summed E-state index contributed by atoms with van der Waals surface area (Å²) in [6.45, 7) is 4.62. The van der Waals surface area contributed by atoms with Gasteiger partial charge >= 0.3 is 12.1 Å². The number of ether oxygens (including phenoxy) is 1.